The molecule has 2 saturated carbocycles. The van der Waals surface area contributed by atoms with E-state index in [1.165, 1.54) is 11.1 Å². The van der Waals surface area contributed by atoms with Crippen molar-refractivity contribution in [1.82, 2.24) is 19.2 Å². The highest BCUT2D eigenvalue weighted by molar-refractivity contribution is 6.33. The van der Waals surface area contributed by atoms with E-state index in [2.05, 4.69) is 4.98 Å². The molecule has 2 aromatic heterocycles. The molecule has 3 aliphatic rings. The number of aromatic nitrogens is 2. The maximum atomic E-state index is 13.8. The molecule has 0 atom stereocenters. The fraction of sp³-hybridized carbons (Fsp3) is 0.609. The van der Waals surface area contributed by atoms with E-state index in [0.29, 0.717) is 50.1 Å². The SMILES string of the molecule is O=C(c1nc2c(C(F)(F)F)cc(CC3CC3)cn2c1Cl)N1CCN(C2CCC(O)CC2)C(=O)C1. The summed E-state index contributed by atoms with van der Waals surface area (Å²) in [5.74, 6) is -0.502. The molecular formula is C23H26ClF3N4O3. The Morgan fingerprint density at radius 3 is 2.47 bits per heavy atom. The molecule has 5 rings (SSSR count). The monoisotopic (exact) mass is 498 g/mol. The predicted octanol–water partition coefficient (Wildman–Crippen LogP) is 3.55. The van der Waals surface area contributed by atoms with Gasteiger partial charge in [-0.05, 0) is 62.5 Å². The van der Waals surface area contributed by atoms with Gasteiger partial charge in [-0.1, -0.05) is 11.6 Å². The van der Waals surface area contributed by atoms with E-state index in [1.54, 1.807) is 4.90 Å². The van der Waals surface area contributed by atoms with Crippen molar-refractivity contribution in [3.05, 3.63) is 34.2 Å². The van der Waals surface area contributed by atoms with Gasteiger partial charge in [-0.2, -0.15) is 13.2 Å². The van der Waals surface area contributed by atoms with Gasteiger partial charge in [0, 0.05) is 25.3 Å². The van der Waals surface area contributed by atoms with Crippen molar-refractivity contribution in [2.45, 2.75) is 63.3 Å². The summed E-state index contributed by atoms with van der Waals surface area (Å²) in [6, 6.07) is 1.13. The van der Waals surface area contributed by atoms with Gasteiger partial charge in [-0.15, -0.1) is 0 Å². The van der Waals surface area contributed by atoms with E-state index in [1.807, 2.05) is 0 Å². The predicted molar refractivity (Wildman–Crippen MR) is 118 cm³/mol. The smallest absolute Gasteiger partial charge is 0.393 e. The zero-order valence-electron chi connectivity index (χ0n) is 18.5. The summed E-state index contributed by atoms with van der Waals surface area (Å²) in [5, 5.41) is 9.52. The first-order valence-electron chi connectivity index (χ1n) is 11.7. The minimum absolute atomic E-state index is 0.0335. The van der Waals surface area contributed by atoms with Crippen LogP contribution in [0, 0.1) is 5.92 Å². The van der Waals surface area contributed by atoms with Crippen molar-refractivity contribution in [2.75, 3.05) is 19.6 Å². The number of pyridine rings is 1. The van der Waals surface area contributed by atoms with Crippen LogP contribution in [-0.2, 0) is 17.4 Å². The second kappa shape index (κ2) is 8.71. The Kier molecular flexibility index (Phi) is 6.00. The molecule has 0 spiro atoms. The van der Waals surface area contributed by atoms with E-state index in [0.717, 1.165) is 23.3 Å². The van der Waals surface area contributed by atoms with Gasteiger partial charge in [0.05, 0.1) is 11.7 Å². The molecule has 1 saturated heterocycles. The third-order valence-electron chi connectivity index (χ3n) is 7.10. The molecule has 3 heterocycles. The third kappa shape index (κ3) is 4.49. The lowest BCUT2D eigenvalue weighted by Gasteiger charge is -2.41. The Morgan fingerprint density at radius 2 is 1.85 bits per heavy atom. The lowest BCUT2D eigenvalue weighted by atomic mass is 9.91. The second-order valence-electron chi connectivity index (χ2n) is 9.63. The molecule has 0 aromatic carbocycles. The molecule has 2 amide bonds. The number of amides is 2. The van der Waals surface area contributed by atoms with Crippen LogP contribution in [0.25, 0.3) is 5.65 Å². The number of carbonyl (C=O) groups excluding carboxylic acids is 2. The first kappa shape index (κ1) is 23.4. The van der Waals surface area contributed by atoms with Crippen molar-refractivity contribution >= 4 is 29.1 Å². The van der Waals surface area contributed by atoms with Crippen molar-refractivity contribution in [1.29, 1.82) is 0 Å². The highest BCUT2D eigenvalue weighted by Gasteiger charge is 2.38. The Morgan fingerprint density at radius 1 is 1.15 bits per heavy atom. The van der Waals surface area contributed by atoms with Gasteiger partial charge in [-0.25, -0.2) is 4.98 Å². The summed E-state index contributed by atoms with van der Waals surface area (Å²) >= 11 is 6.38. The number of fused-ring (bicyclic) bond motifs is 1. The van der Waals surface area contributed by atoms with Gasteiger partial charge in [0.15, 0.2) is 11.3 Å². The summed E-state index contributed by atoms with van der Waals surface area (Å²) in [5.41, 5.74) is -1.11. The Bertz CT molecular complexity index is 1120. The van der Waals surface area contributed by atoms with E-state index in [-0.39, 0.29) is 42.0 Å². The zero-order valence-corrected chi connectivity index (χ0v) is 19.3. The summed E-state index contributed by atoms with van der Waals surface area (Å²) < 4.78 is 42.5. The maximum absolute atomic E-state index is 13.8. The molecule has 7 nitrogen and oxygen atoms in total. The molecule has 34 heavy (non-hydrogen) atoms. The van der Waals surface area contributed by atoms with Gasteiger partial charge in [0.25, 0.3) is 5.91 Å². The minimum atomic E-state index is -4.65. The average Bonchev–Trinajstić information content (AvgIpc) is 3.54. The van der Waals surface area contributed by atoms with Gasteiger partial charge >= 0.3 is 6.18 Å². The second-order valence-corrected chi connectivity index (χ2v) is 9.99. The molecule has 1 N–H and O–H groups in total. The average molecular weight is 499 g/mol. The van der Waals surface area contributed by atoms with E-state index in [9.17, 15) is 27.9 Å². The van der Waals surface area contributed by atoms with Crippen LogP contribution in [0.4, 0.5) is 13.2 Å². The minimum Gasteiger partial charge on any atom is -0.393 e. The molecule has 2 aliphatic carbocycles. The van der Waals surface area contributed by atoms with Crippen LogP contribution < -0.4 is 0 Å². The number of nitrogens with zero attached hydrogens (tertiary/aromatic N) is 4. The number of imidazole rings is 1. The highest BCUT2D eigenvalue weighted by atomic mass is 35.5. The standard InChI is InChI=1S/C23H26ClF3N4O3/c24-20-19(22(34)29-7-8-30(18(33)12-29)15-3-5-16(32)6-4-15)28-21-17(23(25,26)27)10-14(11-31(20)21)9-13-1-2-13/h10-11,13,15-16,32H,1-9,12H2. The third-order valence-corrected chi connectivity index (χ3v) is 7.46. The van der Waals surface area contributed by atoms with Crippen LogP contribution in [0.15, 0.2) is 12.3 Å². The summed E-state index contributed by atoms with van der Waals surface area (Å²) in [6.07, 6.45) is 1.73. The van der Waals surface area contributed by atoms with E-state index >= 15 is 0 Å². The molecular weight excluding hydrogens is 473 g/mol. The number of piperazine rings is 1. The molecule has 1 aliphatic heterocycles. The van der Waals surface area contributed by atoms with Crippen LogP contribution in [0.5, 0.6) is 0 Å². The largest absolute Gasteiger partial charge is 0.419 e. The van der Waals surface area contributed by atoms with E-state index in [4.69, 9.17) is 11.6 Å². The van der Waals surface area contributed by atoms with Crippen LogP contribution >= 0.6 is 11.6 Å². The maximum Gasteiger partial charge on any atom is 0.419 e. The Labute approximate surface area is 199 Å². The summed E-state index contributed by atoms with van der Waals surface area (Å²) in [6.45, 7) is 0.393. The normalized spacial score (nSPS) is 24.2. The Balaban J connectivity index is 1.39. The van der Waals surface area contributed by atoms with Crippen molar-refractivity contribution in [3.8, 4) is 0 Å². The molecule has 0 bridgehead atoms. The molecule has 2 aromatic rings. The fourth-order valence-electron chi connectivity index (χ4n) is 5.05. The molecule has 0 unspecified atom stereocenters. The van der Waals surface area contributed by atoms with Crippen molar-refractivity contribution in [2.24, 2.45) is 5.92 Å². The van der Waals surface area contributed by atoms with Gasteiger partial charge in [0.2, 0.25) is 5.91 Å². The van der Waals surface area contributed by atoms with Crippen molar-refractivity contribution < 1.29 is 27.9 Å². The van der Waals surface area contributed by atoms with Crippen LogP contribution in [0.1, 0.15) is 60.1 Å². The zero-order chi connectivity index (χ0) is 24.2. The fourth-order valence-corrected chi connectivity index (χ4v) is 5.30. The van der Waals surface area contributed by atoms with Crippen LogP contribution in [0.3, 0.4) is 0 Å². The quantitative estimate of drug-likeness (QED) is 0.699. The number of aliphatic hydroxyl groups excluding tert-OH is 1. The number of hydrogen-bond donors (Lipinski definition) is 1. The first-order chi connectivity index (χ1) is 16.1. The highest BCUT2D eigenvalue weighted by Crippen LogP contribution is 2.38. The van der Waals surface area contributed by atoms with E-state index < -0.39 is 23.3 Å². The first-order valence-corrected chi connectivity index (χ1v) is 12.0. The lowest BCUT2D eigenvalue weighted by Crippen LogP contribution is -2.56. The summed E-state index contributed by atoms with van der Waals surface area (Å²) in [7, 11) is 0. The number of alkyl halides is 3. The van der Waals surface area contributed by atoms with Gasteiger partial charge in [0.1, 0.15) is 11.7 Å². The van der Waals surface area contributed by atoms with Crippen LogP contribution in [-0.4, -0.2) is 67.9 Å². The van der Waals surface area contributed by atoms with Gasteiger partial charge in [-0.3, -0.25) is 14.0 Å². The molecule has 184 valence electrons. The van der Waals surface area contributed by atoms with Crippen molar-refractivity contribution in [3.63, 3.8) is 0 Å². The topological polar surface area (TPSA) is 78.2 Å². The summed E-state index contributed by atoms with van der Waals surface area (Å²) in [4.78, 5) is 33.0. The number of carbonyl (C=O) groups is 2. The van der Waals surface area contributed by atoms with Gasteiger partial charge < -0.3 is 14.9 Å². The van der Waals surface area contributed by atoms with Crippen LogP contribution in [0.2, 0.25) is 5.15 Å². The number of rotatable bonds is 4. The number of halogens is 4. The molecule has 0 radical (unpaired) electrons. The Hall–Kier alpha value is -2.33. The number of aliphatic hydroxyl groups is 1. The number of hydrogen-bond acceptors (Lipinski definition) is 4. The lowest BCUT2D eigenvalue weighted by molar-refractivity contribution is -0.139. The molecule has 3 fully saturated rings. The molecule has 11 heteroatoms.